The van der Waals surface area contributed by atoms with E-state index in [9.17, 15) is 9.59 Å². The SMILES string of the molecule is O=C(CC1CCOCC1)c1ccc2c(c1)CCn1c-2cc(OCC2COc3ncccc3O2)nc1=O. The van der Waals surface area contributed by atoms with Crippen molar-refractivity contribution < 1.29 is 23.7 Å². The number of carbonyl (C=O) groups excluding carboxylic acids is 1. The molecule has 0 spiro atoms. The lowest BCUT2D eigenvalue weighted by Crippen LogP contribution is -2.35. The van der Waals surface area contributed by atoms with Crippen LogP contribution >= 0.6 is 0 Å². The van der Waals surface area contributed by atoms with Gasteiger partial charge in [-0.15, -0.1) is 0 Å². The van der Waals surface area contributed by atoms with E-state index in [0.717, 1.165) is 48.4 Å². The number of hydrogen-bond acceptors (Lipinski definition) is 8. The maximum Gasteiger partial charge on any atom is 0.351 e. The lowest BCUT2D eigenvalue weighted by Gasteiger charge is -2.26. The molecular formula is C27H27N3O6. The number of aromatic nitrogens is 3. The van der Waals surface area contributed by atoms with E-state index in [1.54, 1.807) is 29.0 Å². The molecule has 1 saturated heterocycles. The Labute approximate surface area is 208 Å². The van der Waals surface area contributed by atoms with Crippen LogP contribution < -0.4 is 19.9 Å². The van der Waals surface area contributed by atoms with Crippen LogP contribution in [-0.4, -0.2) is 52.8 Å². The van der Waals surface area contributed by atoms with Crippen LogP contribution in [0.5, 0.6) is 17.5 Å². The molecule has 36 heavy (non-hydrogen) atoms. The standard InChI is InChI=1S/C27H27N3O6/c31-23(12-17-6-10-33-11-7-17)19-3-4-21-18(13-19)5-9-30-22(21)14-25(29-27(30)32)34-15-20-16-35-26-24(36-20)2-1-8-28-26/h1-4,8,13-14,17,20H,5-7,9-12,15-16H2. The summed E-state index contributed by atoms with van der Waals surface area (Å²) >= 11 is 0. The zero-order valence-corrected chi connectivity index (χ0v) is 19.9. The number of ketones is 1. The third-order valence-electron chi connectivity index (χ3n) is 6.96. The van der Waals surface area contributed by atoms with Crippen molar-refractivity contribution in [2.24, 2.45) is 5.92 Å². The molecule has 1 aromatic carbocycles. The molecule has 9 nitrogen and oxygen atoms in total. The van der Waals surface area contributed by atoms with Gasteiger partial charge in [-0.05, 0) is 48.9 Å². The molecule has 0 amide bonds. The highest BCUT2D eigenvalue weighted by Crippen LogP contribution is 2.32. The smallest absolute Gasteiger partial charge is 0.351 e. The van der Waals surface area contributed by atoms with Crippen molar-refractivity contribution >= 4 is 5.78 Å². The monoisotopic (exact) mass is 489 g/mol. The predicted molar refractivity (Wildman–Crippen MR) is 130 cm³/mol. The summed E-state index contributed by atoms with van der Waals surface area (Å²) in [6.45, 7) is 2.45. The Hall–Kier alpha value is -3.72. The summed E-state index contributed by atoms with van der Waals surface area (Å²) < 4.78 is 24.4. The van der Waals surface area contributed by atoms with Crippen LogP contribution in [0.1, 0.15) is 35.2 Å². The molecule has 0 aliphatic carbocycles. The highest BCUT2D eigenvalue weighted by atomic mass is 16.6. The Bertz CT molecular complexity index is 1350. The molecule has 0 saturated carbocycles. The van der Waals surface area contributed by atoms with Crippen molar-refractivity contribution in [1.82, 2.24) is 14.5 Å². The van der Waals surface area contributed by atoms with Gasteiger partial charge in [-0.3, -0.25) is 9.36 Å². The number of pyridine rings is 1. The summed E-state index contributed by atoms with van der Waals surface area (Å²) in [7, 11) is 0. The van der Waals surface area contributed by atoms with Crippen LogP contribution in [0.2, 0.25) is 0 Å². The second-order valence-electron chi connectivity index (χ2n) is 9.39. The van der Waals surface area contributed by atoms with Gasteiger partial charge in [-0.1, -0.05) is 12.1 Å². The van der Waals surface area contributed by atoms with Gasteiger partial charge in [-0.2, -0.15) is 4.98 Å². The van der Waals surface area contributed by atoms with E-state index in [-0.39, 0.29) is 30.1 Å². The zero-order valence-electron chi connectivity index (χ0n) is 19.9. The minimum absolute atomic E-state index is 0.165. The number of rotatable bonds is 6. The van der Waals surface area contributed by atoms with Crippen LogP contribution in [0.25, 0.3) is 11.3 Å². The maximum absolute atomic E-state index is 12.9. The number of nitrogens with zero attached hydrogens (tertiary/aromatic N) is 3. The second kappa shape index (κ2) is 9.73. The van der Waals surface area contributed by atoms with E-state index in [2.05, 4.69) is 9.97 Å². The molecule has 0 radical (unpaired) electrons. The molecule has 0 bridgehead atoms. The van der Waals surface area contributed by atoms with Gasteiger partial charge in [0.15, 0.2) is 17.6 Å². The first-order valence-electron chi connectivity index (χ1n) is 12.4. The fourth-order valence-corrected chi connectivity index (χ4v) is 5.00. The van der Waals surface area contributed by atoms with E-state index < -0.39 is 0 Å². The van der Waals surface area contributed by atoms with E-state index in [1.165, 1.54) is 0 Å². The molecule has 3 aromatic rings. The van der Waals surface area contributed by atoms with Gasteiger partial charge in [0.2, 0.25) is 5.88 Å². The highest BCUT2D eigenvalue weighted by Gasteiger charge is 2.25. The van der Waals surface area contributed by atoms with Gasteiger partial charge in [-0.25, -0.2) is 9.78 Å². The third-order valence-corrected chi connectivity index (χ3v) is 6.96. The Morgan fingerprint density at radius 2 is 2.06 bits per heavy atom. The second-order valence-corrected chi connectivity index (χ2v) is 9.39. The summed E-state index contributed by atoms with van der Waals surface area (Å²) in [6.07, 6.45) is 4.39. The van der Waals surface area contributed by atoms with E-state index in [0.29, 0.717) is 43.5 Å². The van der Waals surface area contributed by atoms with E-state index in [1.807, 2.05) is 18.2 Å². The largest absolute Gasteiger partial charge is 0.478 e. The quantitative estimate of drug-likeness (QED) is 0.487. The normalized spacial score (nSPS) is 18.7. The molecule has 2 aromatic heterocycles. The number of Topliss-reactive ketones (excluding diaryl/α,β-unsaturated/α-hetero) is 1. The Morgan fingerprint density at radius 1 is 1.17 bits per heavy atom. The first-order chi connectivity index (χ1) is 17.6. The molecule has 1 atom stereocenters. The molecule has 1 fully saturated rings. The van der Waals surface area contributed by atoms with Crippen LogP contribution in [0, 0.1) is 5.92 Å². The average molecular weight is 490 g/mol. The Morgan fingerprint density at radius 3 is 2.94 bits per heavy atom. The fraction of sp³-hybridized carbons (Fsp3) is 0.407. The van der Waals surface area contributed by atoms with Crippen LogP contribution in [0.15, 0.2) is 47.4 Å². The van der Waals surface area contributed by atoms with Crippen molar-refractivity contribution in [2.75, 3.05) is 26.4 Å². The van der Waals surface area contributed by atoms with Crippen molar-refractivity contribution in [3.05, 3.63) is 64.2 Å². The summed E-state index contributed by atoms with van der Waals surface area (Å²) in [5.41, 5.74) is 3.09. The number of aryl methyl sites for hydroxylation is 1. The fourth-order valence-electron chi connectivity index (χ4n) is 5.00. The molecule has 9 heteroatoms. The number of carbonyl (C=O) groups is 1. The van der Waals surface area contributed by atoms with Crippen molar-refractivity contribution in [2.45, 2.75) is 38.3 Å². The lowest BCUT2D eigenvalue weighted by molar-refractivity contribution is 0.0486. The average Bonchev–Trinajstić information content (AvgIpc) is 2.92. The first-order valence-corrected chi connectivity index (χ1v) is 12.4. The minimum atomic E-state index is -0.358. The number of ether oxygens (including phenoxy) is 4. The predicted octanol–water partition coefficient (Wildman–Crippen LogP) is 3.08. The highest BCUT2D eigenvalue weighted by molar-refractivity contribution is 5.97. The summed E-state index contributed by atoms with van der Waals surface area (Å²) in [5.74, 6) is 1.81. The van der Waals surface area contributed by atoms with Gasteiger partial charge in [0, 0.05) is 49.6 Å². The zero-order chi connectivity index (χ0) is 24.5. The van der Waals surface area contributed by atoms with Crippen molar-refractivity contribution in [1.29, 1.82) is 0 Å². The van der Waals surface area contributed by atoms with Gasteiger partial charge < -0.3 is 18.9 Å². The molecule has 3 aliphatic rings. The van der Waals surface area contributed by atoms with Crippen molar-refractivity contribution in [3.8, 4) is 28.8 Å². The molecule has 5 heterocycles. The van der Waals surface area contributed by atoms with Gasteiger partial charge in [0.1, 0.15) is 13.2 Å². The van der Waals surface area contributed by atoms with Gasteiger partial charge in [0.25, 0.3) is 5.88 Å². The lowest BCUT2D eigenvalue weighted by atomic mass is 9.89. The summed E-state index contributed by atoms with van der Waals surface area (Å²) in [5, 5.41) is 0. The van der Waals surface area contributed by atoms with Gasteiger partial charge >= 0.3 is 5.69 Å². The van der Waals surface area contributed by atoms with Crippen molar-refractivity contribution in [3.63, 3.8) is 0 Å². The minimum Gasteiger partial charge on any atom is -0.478 e. The molecule has 186 valence electrons. The van der Waals surface area contributed by atoms with Crippen LogP contribution in [0.4, 0.5) is 0 Å². The molecule has 3 aliphatic heterocycles. The van der Waals surface area contributed by atoms with E-state index >= 15 is 0 Å². The van der Waals surface area contributed by atoms with Crippen LogP contribution in [0.3, 0.4) is 0 Å². The number of fused-ring (bicyclic) bond motifs is 4. The topological polar surface area (TPSA) is 102 Å². The first kappa shape index (κ1) is 22.7. The molecule has 0 N–H and O–H groups in total. The molecule has 6 rings (SSSR count). The van der Waals surface area contributed by atoms with Crippen LogP contribution in [-0.2, 0) is 17.7 Å². The molecular weight excluding hydrogens is 462 g/mol. The molecule has 1 unspecified atom stereocenters. The maximum atomic E-state index is 12.9. The summed E-state index contributed by atoms with van der Waals surface area (Å²) in [6, 6.07) is 11.1. The Balaban J connectivity index is 1.18. The third kappa shape index (κ3) is 4.58. The van der Waals surface area contributed by atoms with Gasteiger partial charge in [0.05, 0.1) is 5.69 Å². The number of benzene rings is 1. The summed E-state index contributed by atoms with van der Waals surface area (Å²) in [4.78, 5) is 33.9. The number of hydrogen-bond donors (Lipinski definition) is 0. The van der Waals surface area contributed by atoms with E-state index in [4.69, 9.17) is 18.9 Å². The Kier molecular flexibility index (Phi) is 6.14.